The molecule has 2 nitrogen and oxygen atoms in total. The molecule has 0 atom stereocenters. The Hall–Kier alpha value is -1.37. The Morgan fingerprint density at radius 2 is 1.24 bits per heavy atom. The SMILES string of the molecule is OCCCCNc1c(F)c(F)c(F)c(F)c1F. The number of halogens is 5. The lowest BCUT2D eigenvalue weighted by Crippen LogP contribution is -2.11. The summed E-state index contributed by atoms with van der Waals surface area (Å²) in [6, 6.07) is 0. The summed E-state index contributed by atoms with van der Waals surface area (Å²) in [5.41, 5.74) is -1.04. The molecule has 2 N–H and O–H groups in total. The molecule has 7 heteroatoms. The molecule has 0 saturated heterocycles. The van der Waals surface area contributed by atoms with Crippen molar-refractivity contribution in [3.63, 3.8) is 0 Å². The maximum Gasteiger partial charge on any atom is 0.200 e. The highest BCUT2D eigenvalue weighted by Crippen LogP contribution is 2.26. The Morgan fingerprint density at radius 1 is 0.765 bits per heavy atom. The predicted molar refractivity (Wildman–Crippen MR) is 51.0 cm³/mol. The number of benzene rings is 1. The summed E-state index contributed by atoms with van der Waals surface area (Å²) < 4.78 is 64.3. The van der Waals surface area contributed by atoms with Crippen molar-refractivity contribution >= 4 is 5.69 Å². The quantitative estimate of drug-likeness (QED) is 0.367. The van der Waals surface area contributed by atoms with Crippen molar-refractivity contribution in [3.05, 3.63) is 29.1 Å². The van der Waals surface area contributed by atoms with E-state index in [1.807, 2.05) is 0 Å². The van der Waals surface area contributed by atoms with Crippen LogP contribution in [-0.4, -0.2) is 18.3 Å². The van der Waals surface area contributed by atoms with Gasteiger partial charge in [-0.1, -0.05) is 0 Å². The van der Waals surface area contributed by atoms with Gasteiger partial charge in [0.15, 0.2) is 23.3 Å². The van der Waals surface area contributed by atoms with E-state index in [1.165, 1.54) is 0 Å². The molecule has 0 aliphatic rings. The number of hydrogen-bond donors (Lipinski definition) is 2. The van der Waals surface area contributed by atoms with Crippen LogP contribution in [0.4, 0.5) is 27.6 Å². The Kier molecular flexibility index (Phi) is 4.68. The van der Waals surface area contributed by atoms with E-state index in [4.69, 9.17) is 5.11 Å². The van der Waals surface area contributed by atoms with Crippen LogP contribution in [0, 0.1) is 29.1 Å². The number of nitrogens with one attached hydrogen (secondary N) is 1. The Labute approximate surface area is 94.1 Å². The molecule has 96 valence electrons. The van der Waals surface area contributed by atoms with E-state index in [0.717, 1.165) is 0 Å². The molecule has 0 aliphatic carbocycles. The van der Waals surface area contributed by atoms with Crippen molar-refractivity contribution in [2.24, 2.45) is 0 Å². The third-order valence-electron chi connectivity index (χ3n) is 2.10. The van der Waals surface area contributed by atoms with Crippen LogP contribution < -0.4 is 5.32 Å². The molecule has 17 heavy (non-hydrogen) atoms. The fourth-order valence-corrected chi connectivity index (χ4v) is 1.21. The van der Waals surface area contributed by atoms with Crippen molar-refractivity contribution in [3.8, 4) is 0 Å². The van der Waals surface area contributed by atoms with Gasteiger partial charge in [-0.15, -0.1) is 0 Å². The van der Waals surface area contributed by atoms with Gasteiger partial charge in [-0.3, -0.25) is 0 Å². The first-order chi connectivity index (χ1) is 8.00. The summed E-state index contributed by atoms with van der Waals surface area (Å²) in [7, 11) is 0. The zero-order valence-corrected chi connectivity index (χ0v) is 8.67. The first kappa shape index (κ1) is 13.7. The predicted octanol–water partition coefficient (Wildman–Crippen LogP) is 2.57. The van der Waals surface area contributed by atoms with E-state index in [1.54, 1.807) is 0 Å². The largest absolute Gasteiger partial charge is 0.396 e. The number of aliphatic hydroxyl groups excluding tert-OH is 1. The van der Waals surface area contributed by atoms with Gasteiger partial charge >= 0.3 is 0 Å². The van der Waals surface area contributed by atoms with Gasteiger partial charge in [-0.25, -0.2) is 22.0 Å². The van der Waals surface area contributed by atoms with E-state index in [2.05, 4.69) is 5.32 Å². The second kappa shape index (κ2) is 5.81. The van der Waals surface area contributed by atoms with Crippen LogP contribution in [0.5, 0.6) is 0 Å². The lowest BCUT2D eigenvalue weighted by molar-refractivity contribution is 0.286. The summed E-state index contributed by atoms with van der Waals surface area (Å²) in [4.78, 5) is 0. The summed E-state index contributed by atoms with van der Waals surface area (Å²) >= 11 is 0. The fraction of sp³-hybridized carbons (Fsp3) is 0.400. The highest BCUT2D eigenvalue weighted by atomic mass is 19.2. The number of hydrogen-bond acceptors (Lipinski definition) is 2. The highest BCUT2D eigenvalue weighted by Gasteiger charge is 2.25. The monoisotopic (exact) mass is 255 g/mol. The molecular weight excluding hydrogens is 245 g/mol. The minimum absolute atomic E-state index is 0.00108. The minimum atomic E-state index is -2.18. The highest BCUT2D eigenvalue weighted by molar-refractivity contribution is 5.47. The number of rotatable bonds is 5. The molecule has 0 unspecified atom stereocenters. The molecule has 0 saturated carbocycles. The van der Waals surface area contributed by atoms with Crippen LogP contribution in [0.25, 0.3) is 0 Å². The van der Waals surface area contributed by atoms with Crippen LogP contribution in [0.15, 0.2) is 0 Å². The average molecular weight is 255 g/mol. The molecule has 0 bridgehead atoms. The first-order valence-electron chi connectivity index (χ1n) is 4.86. The second-order valence-electron chi connectivity index (χ2n) is 3.30. The van der Waals surface area contributed by atoms with E-state index in [9.17, 15) is 22.0 Å². The molecule has 0 spiro atoms. The van der Waals surface area contributed by atoms with Gasteiger partial charge < -0.3 is 10.4 Å². The number of anilines is 1. The maximum absolute atomic E-state index is 13.1. The number of aliphatic hydroxyl groups is 1. The van der Waals surface area contributed by atoms with E-state index < -0.39 is 34.8 Å². The van der Waals surface area contributed by atoms with Crippen molar-refractivity contribution in [1.29, 1.82) is 0 Å². The summed E-state index contributed by atoms with van der Waals surface area (Å²) in [6.45, 7) is -0.113. The van der Waals surface area contributed by atoms with Crippen LogP contribution in [-0.2, 0) is 0 Å². The Bertz CT molecular complexity index is 381. The zero-order chi connectivity index (χ0) is 13.0. The van der Waals surface area contributed by atoms with Gasteiger partial charge in [0.1, 0.15) is 5.69 Å². The molecule has 0 radical (unpaired) electrons. The van der Waals surface area contributed by atoms with Crippen molar-refractivity contribution in [2.75, 3.05) is 18.5 Å². The van der Waals surface area contributed by atoms with Crippen LogP contribution >= 0.6 is 0 Å². The van der Waals surface area contributed by atoms with Gasteiger partial charge in [0.25, 0.3) is 0 Å². The lowest BCUT2D eigenvalue weighted by atomic mass is 10.2. The van der Waals surface area contributed by atoms with Gasteiger partial charge in [0, 0.05) is 13.2 Å². The molecule has 1 rings (SSSR count). The van der Waals surface area contributed by atoms with E-state index >= 15 is 0 Å². The van der Waals surface area contributed by atoms with Gasteiger partial charge in [-0.2, -0.15) is 0 Å². The van der Waals surface area contributed by atoms with Crippen molar-refractivity contribution in [1.82, 2.24) is 0 Å². The van der Waals surface area contributed by atoms with Crippen molar-refractivity contribution in [2.45, 2.75) is 12.8 Å². The Balaban J connectivity index is 2.92. The minimum Gasteiger partial charge on any atom is -0.396 e. The van der Waals surface area contributed by atoms with Crippen molar-refractivity contribution < 1.29 is 27.1 Å². The molecule has 0 aromatic heterocycles. The smallest absolute Gasteiger partial charge is 0.200 e. The third-order valence-corrected chi connectivity index (χ3v) is 2.10. The molecule has 1 aromatic carbocycles. The average Bonchev–Trinajstić information content (AvgIpc) is 2.33. The zero-order valence-electron chi connectivity index (χ0n) is 8.67. The molecular formula is C10H10F5NO. The standard InChI is InChI=1S/C10H10F5NO/c11-5-6(12)8(14)10(9(15)7(5)13)16-3-1-2-4-17/h16-17H,1-4H2. The van der Waals surface area contributed by atoms with Crippen LogP contribution in [0.2, 0.25) is 0 Å². The molecule has 1 aromatic rings. The fourth-order valence-electron chi connectivity index (χ4n) is 1.21. The van der Waals surface area contributed by atoms with Gasteiger partial charge in [-0.05, 0) is 12.8 Å². The maximum atomic E-state index is 13.1. The van der Waals surface area contributed by atoms with Gasteiger partial charge in [0.05, 0.1) is 0 Å². The topological polar surface area (TPSA) is 32.3 Å². The van der Waals surface area contributed by atoms with E-state index in [-0.39, 0.29) is 13.2 Å². The van der Waals surface area contributed by atoms with Crippen LogP contribution in [0.3, 0.4) is 0 Å². The third kappa shape index (κ3) is 2.85. The number of unbranched alkanes of at least 4 members (excludes halogenated alkanes) is 1. The van der Waals surface area contributed by atoms with E-state index in [0.29, 0.717) is 12.8 Å². The molecule has 0 amide bonds. The van der Waals surface area contributed by atoms with Gasteiger partial charge in [0.2, 0.25) is 5.82 Å². The molecule has 0 fully saturated rings. The summed E-state index contributed by atoms with van der Waals surface area (Å²) in [6.07, 6.45) is 0.707. The first-order valence-corrected chi connectivity index (χ1v) is 4.86. The summed E-state index contributed by atoms with van der Waals surface area (Å²) in [5.74, 6) is -9.90. The molecule has 0 aliphatic heterocycles. The normalized spacial score (nSPS) is 10.7. The second-order valence-corrected chi connectivity index (χ2v) is 3.30. The lowest BCUT2D eigenvalue weighted by Gasteiger charge is -2.10. The molecule has 0 heterocycles. The Morgan fingerprint density at radius 3 is 1.71 bits per heavy atom. The van der Waals surface area contributed by atoms with Crippen LogP contribution in [0.1, 0.15) is 12.8 Å². The summed E-state index contributed by atoms with van der Waals surface area (Å²) in [5, 5.41) is 10.6.